The standard InChI is InChI=1S/C10H15NO4S/c1-11-3-2-8(12)9(13)6-4-16-5-7(6)10(14)15/h4-5,8-9,11-13H,2-3H2,1H3,(H,14,15). The number of rotatable bonds is 6. The molecule has 0 saturated heterocycles. The molecule has 0 bridgehead atoms. The topological polar surface area (TPSA) is 89.8 Å². The lowest BCUT2D eigenvalue weighted by atomic mass is 10.0. The van der Waals surface area contributed by atoms with E-state index in [1.165, 1.54) is 16.7 Å². The molecule has 0 aliphatic rings. The molecule has 0 saturated carbocycles. The van der Waals surface area contributed by atoms with Gasteiger partial charge in [0.15, 0.2) is 0 Å². The van der Waals surface area contributed by atoms with Crippen LogP contribution >= 0.6 is 11.3 Å². The Labute approximate surface area is 97.4 Å². The number of aliphatic hydroxyl groups is 2. The molecule has 2 atom stereocenters. The first kappa shape index (κ1) is 13.1. The van der Waals surface area contributed by atoms with Crippen LogP contribution in [0, 0.1) is 0 Å². The Morgan fingerprint density at radius 1 is 1.50 bits per heavy atom. The summed E-state index contributed by atoms with van der Waals surface area (Å²) in [6.07, 6.45) is -1.74. The zero-order valence-electron chi connectivity index (χ0n) is 8.88. The van der Waals surface area contributed by atoms with Crippen LogP contribution in [0.1, 0.15) is 28.4 Å². The molecule has 0 fully saturated rings. The van der Waals surface area contributed by atoms with Gasteiger partial charge in [-0.05, 0) is 25.4 Å². The van der Waals surface area contributed by atoms with Crippen LogP contribution in [0.25, 0.3) is 0 Å². The van der Waals surface area contributed by atoms with Crippen molar-refractivity contribution >= 4 is 17.3 Å². The van der Waals surface area contributed by atoms with E-state index in [4.69, 9.17) is 5.11 Å². The number of aliphatic hydroxyl groups excluding tert-OH is 2. The quantitative estimate of drug-likeness (QED) is 0.584. The third-order valence-corrected chi connectivity index (χ3v) is 3.06. The molecule has 90 valence electrons. The van der Waals surface area contributed by atoms with Crippen molar-refractivity contribution in [3.8, 4) is 0 Å². The number of carboxylic acids is 1. The first-order valence-electron chi connectivity index (χ1n) is 4.88. The van der Waals surface area contributed by atoms with Gasteiger partial charge in [0.25, 0.3) is 0 Å². The fraction of sp³-hybridized carbons (Fsp3) is 0.500. The molecule has 0 aliphatic carbocycles. The second-order valence-corrected chi connectivity index (χ2v) is 4.19. The van der Waals surface area contributed by atoms with Gasteiger partial charge in [0.05, 0.1) is 11.7 Å². The molecule has 1 aromatic rings. The predicted molar refractivity (Wildman–Crippen MR) is 60.8 cm³/mol. The van der Waals surface area contributed by atoms with Crippen molar-refractivity contribution in [1.82, 2.24) is 5.32 Å². The lowest BCUT2D eigenvalue weighted by Gasteiger charge is -2.17. The average molecular weight is 245 g/mol. The van der Waals surface area contributed by atoms with E-state index >= 15 is 0 Å². The second-order valence-electron chi connectivity index (χ2n) is 3.45. The lowest BCUT2D eigenvalue weighted by molar-refractivity contribution is 0.0134. The summed E-state index contributed by atoms with van der Waals surface area (Å²) in [6, 6.07) is 0. The van der Waals surface area contributed by atoms with Gasteiger partial charge in [0, 0.05) is 10.9 Å². The van der Waals surface area contributed by atoms with Gasteiger partial charge in [-0.25, -0.2) is 4.79 Å². The lowest BCUT2D eigenvalue weighted by Crippen LogP contribution is -2.24. The van der Waals surface area contributed by atoms with E-state index < -0.39 is 18.2 Å². The smallest absolute Gasteiger partial charge is 0.336 e. The summed E-state index contributed by atoms with van der Waals surface area (Å²) < 4.78 is 0. The molecule has 1 heterocycles. The van der Waals surface area contributed by atoms with Gasteiger partial charge in [-0.2, -0.15) is 11.3 Å². The largest absolute Gasteiger partial charge is 0.478 e. The van der Waals surface area contributed by atoms with E-state index in [-0.39, 0.29) is 11.1 Å². The maximum Gasteiger partial charge on any atom is 0.336 e. The van der Waals surface area contributed by atoms with E-state index in [1.54, 1.807) is 12.4 Å². The molecule has 0 radical (unpaired) electrons. The highest BCUT2D eigenvalue weighted by atomic mass is 32.1. The minimum absolute atomic E-state index is 0.0565. The Balaban J connectivity index is 2.75. The maximum atomic E-state index is 10.8. The van der Waals surface area contributed by atoms with Crippen molar-refractivity contribution in [2.45, 2.75) is 18.6 Å². The molecule has 2 unspecified atom stereocenters. The Morgan fingerprint density at radius 3 is 2.75 bits per heavy atom. The predicted octanol–water partition coefficient (Wildman–Crippen LogP) is 0.450. The first-order valence-corrected chi connectivity index (χ1v) is 5.82. The van der Waals surface area contributed by atoms with Crippen molar-refractivity contribution < 1.29 is 20.1 Å². The number of aromatic carboxylic acids is 1. The molecule has 6 heteroatoms. The molecule has 0 aromatic carbocycles. The summed E-state index contributed by atoms with van der Waals surface area (Å²) in [7, 11) is 1.74. The van der Waals surface area contributed by atoms with Crippen molar-refractivity contribution in [3.63, 3.8) is 0 Å². The highest BCUT2D eigenvalue weighted by molar-refractivity contribution is 7.08. The van der Waals surface area contributed by atoms with Crippen LogP contribution in [-0.4, -0.2) is 41.0 Å². The normalized spacial score (nSPS) is 14.7. The summed E-state index contributed by atoms with van der Waals surface area (Å²) in [6.45, 7) is 0.560. The Kier molecular flexibility index (Phi) is 4.88. The maximum absolute atomic E-state index is 10.8. The van der Waals surface area contributed by atoms with E-state index in [2.05, 4.69) is 5.32 Å². The number of hydrogen-bond acceptors (Lipinski definition) is 5. The molecule has 5 nitrogen and oxygen atoms in total. The van der Waals surface area contributed by atoms with Crippen LogP contribution in [-0.2, 0) is 0 Å². The molecule has 0 amide bonds. The number of hydrogen-bond donors (Lipinski definition) is 4. The molecule has 1 rings (SSSR count). The van der Waals surface area contributed by atoms with Crippen molar-refractivity contribution in [1.29, 1.82) is 0 Å². The molecule has 4 N–H and O–H groups in total. The van der Waals surface area contributed by atoms with E-state index in [1.807, 2.05) is 0 Å². The Bertz CT molecular complexity index is 352. The summed E-state index contributed by atoms with van der Waals surface area (Å²) in [5, 5.41) is 34.2. The van der Waals surface area contributed by atoms with E-state index in [0.29, 0.717) is 13.0 Å². The Morgan fingerprint density at radius 2 is 2.19 bits per heavy atom. The van der Waals surface area contributed by atoms with E-state index in [9.17, 15) is 15.0 Å². The van der Waals surface area contributed by atoms with Gasteiger partial charge in [0.2, 0.25) is 0 Å². The zero-order chi connectivity index (χ0) is 12.1. The molecule has 0 spiro atoms. The summed E-state index contributed by atoms with van der Waals surface area (Å²) in [5.74, 6) is -1.09. The average Bonchev–Trinajstić information content (AvgIpc) is 2.73. The van der Waals surface area contributed by atoms with Gasteiger partial charge in [-0.15, -0.1) is 0 Å². The van der Waals surface area contributed by atoms with Gasteiger partial charge in [-0.1, -0.05) is 0 Å². The summed E-state index contributed by atoms with van der Waals surface area (Å²) in [4.78, 5) is 10.8. The van der Waals surface area contributed by atoms with Crippen LogP contribution in [0.5, 0.6) is 0 Å². The van der Waals surface area contributed by atoms with Crippen molar-refractivity contribution in [2.24, 2.45) is 0 Å². The molecule has 0 aliphatic heterocycles. The highest BCUT2D eigenvalue weighted by Crippen LogP contribution is 2.26. The minimum atomic E-state index is -1.15. The third kappa shape index (κ3) is 3.02. The third-order valence-electron chi connectivity index (χ3n) is 2.30. The van der Waals surface area contributed by atoms with Crippen LogP contribution < -0.4 is 5.32 Å². The van der Waals surface area contributed by atoms with Crippen LogP contribution in [0.4, 0.5) is 0 Å². The van der Waals surface area contributed by atoms with Gasteiger partial charge in [0.1, 0.15) is 6.10 Å². The number of carboxylic acid groups (broad SMARTS) is 1. The van der Waals surface area contributed by atoms with Crippen molar-refractivity contribution in [2.75, 3.05) is 13.6 Å². The fourth-order valence-corrected chi connectivity index (χ4v) is 2.22. The van der Waals surface area contributed by atoms with Crippen LogP contribution in [0.15, 0.2) is 10.8 Å². The fourth-order valence-electron chi connectivity index (χ4n) is 1.37. The monoisotopic (exact) mass is 245 g/mol. The highest BCUT2D eigenvalue weighted by Gasteiger charge is 2.23. The number of thiophene rings is 1. The summed E-state index contributed by atoms with van der Waals surface area (Å²) >= 11 is 1.20. The molecular formula is C10H15NO4S. The first-order chi connectivity index (χ1) is 7.57. The van der Waals surface area contributed by atoms with Gasteiger partial charge >= 0.3 is 5.97 Å². The minimum Gasteiger partial charge on any atom is -0.478 e. The molecular weight excluding hydrogens is 230 g/mol. The van der Waals surface area contributed by atoms with E-state index in [0.717, 1.165) is 0 Å². The van der Waals surface area contributed by atoms with Gasteiger partial charge < -0.3 is 20.6 Å². The number of nitrogens with one attached hydrogen (secondary N) is 1. The van der Waals surface area contributed by atoms with Crippen molar-refractivity contribution in [3.05, 3.63) is 21.9 Å². The molecule has 16 heavy (non-hydrogen) atoms. The number of carbonyl (C=O) groups is 1. The summed E-state index contributed by atoms with van der Waals surface area (Å²) in [5.41, 5.74) is 0.335. The second kappa shape index (κ2) is 5.95. The van der Waals surface area contributed by atoms with Crippen LogP contribution in [0.2, 0.25) is 0 Å². The van der Waals surface area contributed by atoms with Crippen LogP contribution in [0.3, 0.4) is 0 Å². The van der Waals surface area contributed by atoms with Gasteiger partial charge in [-0.3, -0.25) is 0 Å². The SMILES string of the molecule is CNCCC(O)C(O)c1cscc1C(=O)O. The zero-order valence-corrected chi connectivity index (χ0v) is 9.70. The molecule has 1 aromatic heterocycles. The Hall–Kier alpha value is -0.950.